The summed E-state index contributed by atoms with van der Waals surface area (Å²) in [5.74, 6) is -0.0594. The van der Waals surface area contributed by atoms with E-state index in [1.807, 2.05) is 18.2 Å². The number of hydrogen-bond acceptors (Lipinski definition) is 7. The summed E-state index contributed by atoms with van der Waals surface area (Å²) in [7, 11) is 1.47. The molecule has 172 valence electrons. The molecular weight excluding hydrogens is 452 g/mol. The standard InChI is InChI=1S/C22H21ClN4O6/c1-31-8-7-26-19(24)17(20(28)25-22(26)30)27(11-13-5-3-2-4-6-13)21(29)14-9-15(23)18-16(10-14)32-12-33-18/h2-6,9-10H,7-8,11-12,24H2,1H3,(H,25,28,30). The first kappa shape index (κ1) is 22.4. The van der Waals surface area contributed by atoms with Crippen LogP contribution in [0.25, 0.3) is 0 Å². The van der Waals surface area contributed by atoms with Crippen LogP contribution in [0.4, 0.5) is 11.5 Å². The highest BCUT2D eigenvalue weighted by atomic mass is 35.5. The highest BCUT2D eigenvalue weighted by Gasteiger charge is 2.28. The number of halogens is 1. The van der Waals surface area contributed by atoms with Crippen molar-refractivity contribution < 1.29 is 19.0 Å². The lowest BCUT2D eigenvalue weighted by molar-refractivity contribution is 0.0984. The quantitative estimate of drug-likeness (QED) is 0.538. The number of rotatable bonds is 7. The number of aromatic amines is 1. The second kappa shape index (κ2) is 9.39. The number of carbonyl (C=O) groups is 1. The van der Waals surface area contributed by atoms with Crippen molar-refractivity contribution in [3.8, 4) is 11.5 Å². The number of methoxy groups -OCH3 is 1. The molecule has 1 aliphatic heterocycles. The lowest BCUT2D eigenvalue weighted by atomic mass is 10.1. The number of carbonyl (C=O) groups excluding carboxylic acids is 1. The molecule has 0 unspecified atom stereocenters. The summed E-state index contributed by atoms with van der Waals surface area (Å²) in [6.07, 6.45) is 0. The summed E-state index contributed by atoms with van der Waals surface area (Å²) in [5.41, 5.74) is 5.50. The number of nitrogens with one attached hydrogen (secondary N) is 1. The van der Waals surface area contributed by atoms with Crippen LogP contribution in [0.3, 0.4) is 0 Å². The van der Waals surface area contributed by atoms with Crippen LogP contribution in [0.2, 0.25) is 5.02 Å². The van der Waals surface area contributed by atoms with Crippen molar-refractivity contribution in [3.05, 3.63) is 79.5 Å². The second-order valence-electron chi connectivity index (χ2n) is 7.21. The van der Waals surface area contributed by atoms with Gasteiger partial charge in [0.15, 0.2) is 17.2 Å². The zero-order chi connectivity index (χ0) is 23.5. The Morgan fingerprint density at radius 3 is 2.73 bits per heavy atom. The van der Waals surface area contributed by atoms with Gasteiger partial charge in [-0.15, -0.1) is 0 Å². The molecule has 0 aliphatic carbocycles. The third kappa shape index (κ3) is 4.43. The third-order valence-electron chi connectivity index (χ3n) is 5.11. The smallest absolute Gasteiger partial charge is 0.330 e. The number of amides is 1. The van der Waals surface area contributed by atoms with E-state index in [1.54, 1.807) is 12.1 Å². The number of nitrogens with zero attached hydrogens (tertiary/aromatic N) is 2. The van der Waals surface area contributed by atoms with E-state index in [2.05, 4.69) is 4.98 Å². The summed E-state index contributed by atoms with van der Waals surface area (Å²) in [6.45, 7) is 0.271. The molecule has 3 N–H and O–H groups in total. The maximum Gasteiger partial charge on any atom is 0.330 e. The average Bonchev–Trinajstić information content (AvgIpc) is 3.28. The number of aromatic nitrogens is 2. The number of nitrogens with two attached hydrogens (primary N) is 1. The number of H-pyrrole nitrogens is 1. The summed E-state index contributed by atoms with van der Waals surface area (Å²) in [4.78, 5) is 42.3. The van der Waals surface area contributed by atoms with Gasteiger partial charge in [-0.1, -0.05) is 41.9 Å². The lowest BCUT2D eigenvalue weighted by Crippen LogP contribution is -2.41. The van der Waals surface area contributed by atoms with Gasteiger partial charge in [-0.05, 0) is 17.7 Å². The number of anilines is 2. The first-order valence-corrected chi connectivity index (χ1v) is 10.3. The van der Waals surface area contributed by atoms with E-state index in [0.717, 1.165) is 10.1 Å². The van der Waals surface area contributed by atoms with Crippen LogP contribution in [0.15, 0.2) is 52.1 Å². The van der Waals surface area contributed by atoms with Crippen molar-refractivity contribution in [2.24, 2.45) is 0 Å². The second-order valence-corrected chi connectivity index (χ2v) is 7.61. The molecule has 2 heterocycles. The number of nitrogen functional groups attached to an aromatic ring is 1. The largest absolute Gasteiger partial charge is 0.454 e. The summed E-state index contributed by atoms with van der Waals surface area (Å²) < 4.78 is 16.9. The SMILES string of the molecule is COCCn1c(N)c(N(Cc2ccccc2)C(=O)c2cc(Cl)c3c(c2)OCO3)c(=O)[nH]c1=O. The zero-order valence-electron chi connectivity index (χ0n) is 17.7. The third-order valence-corrected chi connectivity index (χ3v) is 5.39. The molecule has 0 bridgehead atoms. The summed E-state index contributed by atoms with van der Waals surface area (Å²) in [5, 5.41) is 0.194. The van der Waals surface area contributed by atoms with Gasteiger partial charge in [0.1, 0.15) is 5.82 Å². The monoisotopic (exact) mass is 472 g/mol. The highest BCUT2D eigenvalue weighted by molar-refractivity contribution is 6.33. The van der Waals surface area contributed by atoms with E-state index in [-0.39, 0.29) is 48.6 Å². The maximum atomic E-state index is 13.7. The molecule has 10 nitrogen and oxygen atoms in total. The molecule has 11 heteroatoms. The Hall–Kier alpha value is -3.76. The number of ether oxygens (including phenoxy) is 3. The van der Waals surface area contributed by atoms with Gasteiger partial charge in [-0.3, -0.25) is 24.0 Å². The van der Waals surface area contributed by atoms with Gasteiger partial charge in [0.05, 0.1) is 24.7 Å². The molecule has 2 aromatic carbocycles. The van der Waals surface area contributed by atoms with Crippen LogP contribution in [0.5, 0.6) is 11.5 Å². The Bertz CT molecular complexity index is 1300. The van der Waals surface area contributed by atoms with Gasteiger partial charge in [-0.25, -0.2) is 4.79 Å². The van der Waals surface area contributed by atoms with E-state index in [9.17, 15) is 14.4 Å². The number of fused-ring (bicyclic) bond motifs is 1. The Kier molecular flexibility index (Phi) is 6.38. The topological polar surface area (TPSA) is 129 Å². The van der Waals surface area contributed by atoms with Crippen LogP contribution in [0, 0.1) is 0 Å². The van der Waals surface area contributed by atoms with Gasteiger partial charge in [-0.2, -0.15) is 0 Å². The van der Waals surface area contributed by atoms with Crippen molar-refractivity contribution in [2.45, 2.75) is 13.1 Å². The molecule has 1 aromatic heterocycles. The number of benzene rings is 2. The minimum Gasteiger partial charge on any atom is -0.454 e. The fraction of sp³-hybridized carbons (Fsp3) is 0.227. The van der Waals surface area contributed by atoms with Gasteiger partial charge in [0, 0.05) is 12.7 Å². The molecule has 3 aromatic rings. The Morgan fingerprint density at radius 1 is 1.24 bits per heavy atom. The Morgan fingerprint density at radius 2 is 2.00 bits per heavy atom. The first-order valence-electron chi connectivity index (χ1n) is 9.97. The molecule has 0 saturated heterocycles. The fourth-order valence-corrected chi connectivity index (χ4v) is 3.77. The zero-order valence-corrected chi connectivity index (χ0v) is 18.4. The maximum absolute atomic E-state index is 13.7. The Labute approximate surface area is 193 Å². The van der Waals surface area contributed by atoms with Crippen molar-refractivity contribution in [1.29, 1.82) is 0 Å². The molecule has 0 fully saturated rings. The predicted molar refractivity (Wildman–Crippen MR) is 122 cm³/mol. The predicted octanol–water partition coefficient (Wildman–Crippen LogP) is 1.99. The molecule has 0 atom stereocenters. The van der Waals surface area contributed by atoms with Gasteiger partial charge >= 0.3 is 5.69 Å². The van der Waals surface area contributed by atoms with Gasteiger partial charge < -0.3 is 19.9 Å². The first-order chi connectivity index (χ1) is 15.9. The molecule has 0 radical (unpaired) electrons. The van der Waals surface area contributed by atoms with Crippen molar-refractivity contribution >= 4 is 29.0 Å². The van der Waals surface area contributed by atoms with Crippen molar-refractivity contribution in [2.75, 3.05) is 31.1 Å². The summed E-state index contributed by atoms with van der Waals surface area (Å²) in [6, 6.07) is 12.0. The van der Waals surface area contributed by atoms with Crippen LogP contribution in [0.1, 0.15) is 15.9 Å². The van der Waals surface area contributed by atoms with Gasteiger partial charge in [0.2, 0.25) is 6.79 Å². The number of hydrogen-bond donors (Lipinski definition) is 2. The molecule has 1 aliphatic rings. The van der Waals surface area contributed by atoms with Crippen LogP contribution < -0.4 is 31.4 Å². The van der Waals surface area contributed by atoms with E-state index in [4.69, 9.17) is 31.5 Å². The van der Waals surface area contributed by atoms with Crippen molar-refractivity contribution in [1.82, 2.24) is 9.55 Å². The minimum absolute atomic E-state index is 0.0154. The normalized spacial score (nSPS) is 12.1. The minimum atomic E-state index is -0.790. The molecule has 33 heavy (non-hydrogen) atoms. The van der Waals surface area contributed by atoms with Crippen molar-refractivity contribution in [3.63, 3.8) is 0 Å². The van der Waals surface area contributed by atoms with E-state index in [1.165, 1.54) is 24.1 Å². The highest BCUT2D eigenvalue weighted by Crippen LogP contribution is 2.40. The molecular formula is C22H21ClN4O6. The molecule has 0 saturated carbocycles. The van der Waals surface area contributed by atoms with Crippen LogP contribution in [-0.2, 0) is 17.8 Å². The molecule has 1 amide bonds. The molecule has 4 rings (SSSR count). The van der Waals surface area contributed by atoms with E-state index >= 15 is 0 Å². The van der Waals surface area contributed by atoms with Gasteiger partial charge in [0.25, 0.3) is 11.5 Å². The van der Waals surface area contributed by atoms with Crippen LogP contribution in [-0.4, -0.2) is 36.0 Å². The van der Waals surface area contributed by atoms with Crippen LogP contribution >= 0.6 is 11.6 Å². The van der Waals surface area contributed by atoms with E-state index < -0.39 is 17.2 Å². The van der Waals surface area contributed by atoms with E-state index in [0.29, 0.717) is 11.5 Å². The average molecular weight is 473 g/mol. The Balaban J connectivity index is 1.85. The molecule has 0 spiro atoms. The fourth-order valence-electron chi connectivity index (χ4n) is 3.51. The lowest BCUT2D eigenvalue weighted by Gasteiger charge is -2.25. The summed E-state index contributed by atoms with van der Waals surface area (Å²) >= 11 is 6.27.